The molecule has 2 saturated heterocycles. The second kappa shape index (κ2) is 9.60. The minimum atomic E-state index is -1.25. The molecule has 174 valence electrons. The number of carbonyl (C=O) groups is 3. The molecule has 2 aliphatic heterocycles. The highest BCUT2D eigenvalue weighted by molar-refractivity contribution is 6.10. The van der Waals surface area contributed by atoms with Crippen LogP contribution >= 0.6 is 0 Å². The summed E-state index contributed by atoms with van der Waals surface area (Å²) in [7, 11) is 1.55. The van der Waals surface area contributed by atoms with Gasteiger partial charge in [-0.2, -0.15) is 0 Å². The van der Waals surface area contributed by atoms with Crippen molar-refractivity contribution in [1.29, 1.82) is 0 Å². The van der Waals surface area contributed by atoms with Crippen molar-refractivity contribution in [1.82, 2.24) is 15.1 Å². The summed E-state index contributed by atoms with van der Waals surface area (Å²) in [6.07, 6.45) is 0. The highest BCUT2D eigenvalue weighted by atomic mass is 16.5. The van der Waals surface area contributed by atoms with E-state index in [1.165, 1.54) is 0 Å². The van der Waals surface area contributed by atoms with Gasteiger partial charge in [-0.3, -0.25) is 19.4 Å². The van der Waals surface area contributed by atoms with Crippen molar-refractivity contribution in [2.24, 2.45) is 0 Å². The molecule has 2 aliphatic rings. The lowest BCUT2D eigenvalue weighted by atomic mass is 9.92. The molecule has 2 heterocycles. The van der Waals surface area contributed by atoms with E-state index in [-0.39, 0.29) is 6.54 Å². The van der Waals surface area contributed by atoms with Crippen molar-refractivity contribution in [3.63, 3.8) is 0 Å². The van der Waals surface area contributed by atoms with Crippen LogP contribution in [-0.2, 0) is 26.4 Å². The van der Waals surface area contributed by atoms with Crippen LogP contribution in [-0.4, -0.2) is 67.6 Å². The third-order valence-electron chi connectivity index (χ3n) is 5.99. The van der Waals surface area contributed by atoms with E-state index in [1.54, 1.807) is 38.3 Å². The fourth-order valence-electron chi connectivity index (χ4n) is 4.02. The van der Waals surface area contributed by atoms with Gasteiger partial charge in [0, 0.05) is 25.3 Å². The Kier molecular flexibility index (Phi) is 6.62. The van der Waals surface area contributed by atoms with Gasteiger partial charge in [-0.25, -0.2) is 4.79 Å². The fraction of sp³-hybridized carbons (Fsp3) is 0.375. The molecule has 0 aliphatic carbocycles. The molecule has 2 N–H and O–H groups in total. The lowest BCUT2D eigenvalue weighted by Crippen LogP contribution is -2.42. The molecule has 0 bridgehead atoms. The summed E-state index contributed by atoms with van der Waals surface area (Å²) in [5.41, 5.74) is 1.11. The van der Waals surface area contributed by atoms with Gasteiger partial charge in [0.2, 0.25) is 5.91 Å². The Morgan fingerprint density at radius 1 is 1.09 bits per heavy atom. The Bertz CT molecular complexity index is 1020. The van der Waals surface area contributed by atoms with E-state index < -0.39 is 23.4 Å². The standard InChI is InChI=1S/C24H28N4O5/c1-24(18-5-9-20(32-2)10-6-18)22(30)28(23(31)26-24)16-21(29)25-19-7-3-17(4-8-19)15-27-11-13-33-14-12-27/h3-10H,11-16H2,1-2H3,(H,25,29)(H,26,31). The average molecular weight is 453 g/mol. The summed E-state index contributed by atoms with van der Waals surface area (Å²) in [6, 6.07) is 13.8. The molecule has 9 heteroatoms. The van der Waals surface area contributed by atoms with E-state index in [4.69, 9.17) is 9.47 Å². The number of morpholine rings is 1. The van der Waals surface area contributed by atoms with Gasteiger partial charge in [0.05, 0.1) is 20.3 Å². The monoisotopic (exact) mass is 452 g/mol. The number of imide groups is 1. The Morgan fingerprint density at radius 2 is 1.76 bits per heavy atom. The fourth-order valence-corrected chi connectivity index (χ4v) is 4.02. The van der Waals surface area contributed by atoms with Crippen LogP contribution < -0.4 is 15.4 Å². The number of methoxy groups -OCH3 is 1. The van der Waals surface area contributed by atoms with Crippen molar-refractivity contribution in [3.8, 4) is 5.75 Å². The lowest BCUT2D eigenvalue weighted by molar-refractivity contribution is -0.133. The maximum absolute atomic E-state index is 13.0. The van der Waals surface area contributed by atoms with E-state index in [2.05, 4.69) is 15.5 Å². The minimum Gasteiger partial charge on any atom is -0.497 e. The summed E-state index contributed by atoms with van der Waals surface area (Å²) >= 11 is 0. The van der Waals surface area contributed by atoms with Crippen molar-refractivity contribution in [2.75, 3.05) is 45.3 Å². The van der Waals surface area contributed by atoms with Gasteiger partial charge in [0.1, 0.15) is 17.8 Å². The topological polar surface area (TPSA) is 100 Å². The Hall–Kier alpha value is -3.43. The highest BCUT2D eigenvalue weighted by Gasteiger charge is 2.49. The summed E-state index contributed by atoms with van der Waals surface area (Å²) in [5, 5.41) is 5.46. The number of rotatable bonds is 7. The molecule has 4 amide bonds. The van der Waals surface area contributed by atoms with Crippen LogP contribution in [0, 0.1) is 0 Å². The van der Waals surface area contributed by atoms with Gasteiger partial charge in [-0.15, -0.1) is 0 Å². The van der Waals surface area contributed by atoms with Gasteiger partial charge in [-0.1, -0.05) is 24.3 Å². The molecule has 2 aromatic carbocycles. The number of nitrogens with zero attached hydrogens (tertiary/aromatic N) is 2. The Labute approximate surface area is 192 Å². The number of hydrogen-bond donors (Lipinski definition) is 2. The van der Waals surface area contributed by atoms with Gasteiger partial charge in [-0.05, 0) is 42.3 Å². The molecule has 1 unspecified atom stereocenters. The highest BCUT2D eigenvalue weighted by Crippen LogP contribution is 2.30. The molecule has 0 spiro atoms. The number of benzene rings is 2. The van der Waals surface area contributed by atoms with Crippen LogP contribution in [0.5, 0.6) is 5.75 Å². The number of nitrogens with one attached hydrogen (secondary N) is 2. The number of ether oxygens (including phenoxy) is 2. The summed E-state index contributed by atoms with van der Waals surface area (Å²) in [4.78, 5) is 41.3. The second-order valence-electron chi connectivity index (χ2n) is 8.31. The smallest absolute Gasteiger partial charge is 0.325 e. The summed E-state index contributed by atoms with van der Waals surface area (Å²) in [6.45, 7) is 5.37. The van der Waals surface area contributed by atoms with Crippen molar-refractivity contribution in [2.45, 2.75) is 19.0 Å². The van der Waals surface area contributed by atoms with E-state index >= 15 is 0 Å². The molecule has 0 aromatic heterocycles. The third-order valence-corrected chi connectivity index (χ3v) is 5.99. The number of urea groups is 1. The van der Waals surface area contributed by atoms with Crippen molar-refractivity contribution >= 4 is 23.5 Å². The first-order chi connectivity index (χ1) is 15.9. The number of anilines is 1. The van der Waals surface area contributed by atoms with Crippen LogP contribution in [0.1, 0.15) is 18.1 Å². The first-order valence-corrected chi connectivity index (χ1v) is 10.9. The molecule has 2 aromatic rings. The zero-order valence-corrected chi connectivity index (χ0v) is 18.8. The first kappa shape index (κ1) is 22.8. The molecule has 4 rings (SSSR count). The molecule has 2 fully saturated rings. The third kappa shape index (κ3) is 4.99. The maximum atomic E-state index is 13.0. The van der Waals surface area contributed by atoms with Crippen molar-refractivity contribution < 1.29 is 23.9 Å². The normalized spacial score (nSPS) is 21.1. The van der Waals surface area contributed by atoms with Gasteiger partial charge in [0.25, 0.3) is 5.91 Å². The predicted octanol–water partition coefficient (Wildman–Crippen LogP) is 1.93. The molecule has 33 heavy (non-hydrogen) atoms. The molecule has 9 nitrogen and oxygen atoms in total. The zero-order chi connectivity index (χ0) is 23.4. The predicted molar refractivity (Wildman–Crippen MR) is 122 cm³/mol. The van der Waals surface area contributed by atoms with Crippen molar-refractivity contribution in [3.05, 3.63) is 59.7 Å². The van der Waals surface area contributed by atoms with Gasteiger partial charge in [0.15, 0.2) is 0 Å². The second-order valence-corrected chi connectivity index (χ2v) is 8.31. The largest absolute Gasteiger partial charge is 0.497 e. The van der Waals surface area contributed by atoms with Crippen LogP contribution in [0.4, 0.5) is 10.5 Å². The maximum Gasteiger partial charge on any atom is 0.325 e. The van der Waals surface area contributed by atoms with Crippen LogP contribution in [0.3, 0.4) is 0 Å². The van der Waals surface area contributed by atoms with E-state index in [9.17, 15) is 14.4 Å². The molecular formula is C24H28N4O5. The van der Waals surface area contributed by atoms with Crippen LogP contribution in [0.25, 0.3) is 0 Å². The lowest BCUT2D eigenvalue weighted by Gasteiger charge is -2.26. The minimum absolute atomic E-state index is 0.369. The van der Waals surface area contributed by atoms with E-state index in [0.717, 1.165) is 43.3 Å². The zero-order valence-electron chi connectivity index (χ0n) is 18.8. The number of carbonyl (C=O) groups excluding carboxylic acids is 3. The van der Waals surface area contributed by atoms with E-state index in [0.29, 0.717) is 17.0 Å². The number of hydrogen-bond acceptors (Lipinski definition) is 6. The Morgan fingerprint density at radius 3 is 2.39 bits per heavy atom. The van der Waals surface area contributed by atoms with Crippen LogP contribution in [0.15, 0.2) is 48.5 Å². The van der Waals surface area contributed by atoms with Gasteiger partial charge >= 0.3 is 6.03 Å². The Balaban J connectivity index is 1.35. The quantitative estimate of drug-likeness (QED) is 0.623. The SMILES string of the molecule is COc1ccc(C2(C)NC(=O)N(CC(=O)Nc3ccc(CN4CCOCC4)cc3)C2=O)cc1. The molecule has 0 radical (unpaired) electrons. The van der Waals surface area contributed by atoms with E-state index in [1.807, 2.05) is 24.3 Å². The first-order valence-electron chi connectivity index (χ1n) is 10.9. The number of amides is 4. The van der Waals surface area contributed by atoms with Crippen LogP contribution in [0.2, 0.25) is 0 Å². The molecular weight excluding hydrogens is 424 g/mol. The average Bonchev–Trinajstić information content (AvgIpc) is 3.05. The molecule has 0 saturated carbocycles. The summed E-state index contributed by atoms with van der Waals surface area (Å²) in [5.74, 6) is -0.279. The summed E-state index contributed by atoms with van der Waals surface area (Å²) < 4.78 is 10.5. The molecule has 1 atom stereocenters. The van der Waals surface area contributed by atoms with Gasteiger partial charge < -0.3 is 20.1 Å².